The second-order valence-corrected chi connectivity index (χ2v) is 6.84. The number of hydrogen-bond acceptors (Lipinski definition) is 5. The van der Waals surface area contributed by atoms with Crippen LogP contribution >= 0.6 is 0 Å². The van der Waals surface area contributed by atoms with Gasteiger partial charge in [-0.3, -0.25) is 4.79 Å². The molecule has 2 N–H and O–H groups in total. The van der Waals surface area contributed by atoms with Gasteiger partial charge in [-0.1, -0.05) is 0 Å². The van der Waals surface area contributed by atoms with Gasteiger partial charge in [-0.15, -0.1) is 0 Å². The zero-order chi connectivity index (χ0) is 13.9. The largest absolute Gasteiger partial charge is 0.379 e. The Bertz CT molecular complexity index is 513. The predicted molar refractivity (Wildman–Crippen MR) is 71.6 cm³/mol. The van der Waals surface area contributed by atoms with Crippen LogP contribution in [-0.4, -0.2) is 34.2 Å². The van der Waals surface area contributed by atoms with Gasteiger partial charge in [-0.05, 0) is 66.1 Å². The molecule has 6 nitrogen and oxygen atoms in total. The number of nitrogen functional groups attached to an aromatic ring is 1. The monoisotopic (exact) mass is 276 g/mol. The summed E-state index contributed by atoms with van der Waals surface area (Å²) >= 11 is 0. The highest BCUT2D eigenvalue weighted by Crippen LogP contribution is 2.55. The molecular formula is C14H20N4O2. The molecule has 4 aliphatic rings. The number of hydrogen-bond donors (Lipinski definition) is 1. The molecular weight excluding hydrogens is 256 g/mol. The van der Waals surface area contributed by atoms with Crippen LogP contribution in [0, 0.1) is 23.7 Å². The van der Waals surface area contributed by atoms with Crippen molar-refractivity contribution >= 4 is 11.7 Å². The molecule has 108 valence electrons. The molecule has 4 bridgehead atoms. The first-order valence-corrected chi connectivity index (χ1v) is 7.48. The lowest BCUT2D eigenvalue weighted by Crippen LogP contribution is -2.56. The van der Waals surface area contributed by atoms with Crippen molar-refractivity contribution in [2.24, 2.45) is 23.7 Å². The van der Waals surface area contributed by atoms with Crippen LogP contribution in [0.3, 0.4) is 0 Å². The molecule has 1 aromatic heterocycles. The Hall–Kier alpha value is -1.59. The average molecular weight is 276 g/mol. The second-order valence-electron chi connectivity index (χ2n) is 6.84. The first-order chi connectivity index (χ1) is 9.63. The molecule has 4 fully saturated rings. The molecule has 1 aromatic rings. The molecule has 0 atom stereocenters. The molecule has 0 spiro atoms. The number of nitrogens with two attached hydrogens (primary N) is 1. The summed E-state index contributed by atoms with van der Waals surface area (Å²) in [6.07, 6.45) is 6.53. The Balaban J connectivity index is 1.58. The molecule has 0 unspecified atom stereocenters. The maximum absolute atomic E-state index is 12.5. The Kier molecular flexibility index (Phi) is 2.56. The first kappa shape index (κ1) is 12.2. The number of rotatable bonds is 2. The van der Waals surface area contributed by atoms with E-state index in [1.165, 1.54) is 32.1 Å². The molecule has 4 aliphatic carbocycles. The Labute approximate surface area is 117 Å². The van der Waals surface area contributed by atoms with Crippen molar-refractivity contribution in [1.29, 1.82) is 0 Å². The number of amides is 1. The van der Waals surface area contributed by atoms with Gasteiger partial charge in [0.05, 0.1) is 0 Å². The van der Waals surface area contributed by atoms with Gasteiger partial charge in [-0.25, -0.2) is 4.63 Å². The minimum atomic E-state index is -0.152. The highest BCUT2D eigenvalue weighted by atomic mass is 16.6. The third-order valence-corrected chi connectivity index (χ3v) is 5.66. The van der Waals surface area contributed by atoms with Crippen LogP contribution < -0.4 is 5.73 Å². The number of aromatic nitrogens is 2. The van der Waals surface area contributed by atoms with Crippen LogP contribution in [0.1, 0.15) is 42.6 Å². The maximum Gasteiger partial charge on any atom is 0.280 e. The van der Waals surface area contributed by atoms with Gasteiger partial charge in [0.25, 0.3) is 5.91 Å². The van der Waals surface area contributed by atoms with E-state index in [1.807, 2.05) is 11.9 Å². The van der Waals surface area contributed by atoms with Crippen LogP contribution in [0.25, 0.3) is 0 Å². The fourth-order valence-corrected chi connectivity index (χ4v) is 5.18. The van der Waals surface area contributed by atoms with E-state index in [0.717, 1.165) is 11.8 Å². The van der Waals surface area contributed by atoms with Gasteiger partial charge in [0, 0.05) is 13.1 Å². The fourth-order valence-electron chi connectivity index (χ4n) is 5.18. The van der Waals surface area contributed by atoms with Crippen molar-refractivity contribution in [3.8, 4) is 0 Å². The third kappa shape index (κ3) is 1.66. The summed E-state index contributed by atoms with van der Waals surface area (Å²) in [6, 6.07) is 0.339. The van der Waals surface area contributed by atoms with E-state index in [-0.39, 0.29) is 17.4 Å². The van der Waals surface area contributed by atoms with Gasteiger partial charge in [0.15, 0.2) is 0 Å². The number of carbonyl (C=O) groups excluding carboxylic acids is 1. The normalized spacial score (nSPS) is 38.1. The van der Waals surface area contributed by atoms with Crippen molar-refractivity contribution in [2.75, 3.05) is 12.8 Å². The van der Waals surface area contributed by atoms with Crippen LogP contribution in [0.2, 0.25) is 0 Å². The topological polar surface area (TPSA) is 85.2 Å². The number of carbonyl (C=O) groups is 1. The summed E-state index contributed by atoms with van der Waals surface area (Å²) in [6.45, 7) is 0. The predicted octanol–water partition coefficient (Wildman–Crippen LogP) is 1.55. The van der Waals surface area contributed by atoms with E-state index >= 15 is 0 Å². The van der Waals surface area contributed by atoms with E-state index in [4.69, 9.17) is 5.73 Å². The van der Waals surface area contributed by atoms with Crippen LogP contribution in [-0.2, 0) is 0 Å². The zero-order valence-electron chi connectivity index (χ0n) is 11.7. The summed E-state index contributed by atoms with van der Waals surface area (Å²) in [5.41, 5.74) is 5.79. The van der Waals surface area contributed by atoms with Crippen molar-refractivity contribution < 1.29 is 9.42 Å². The number of nitrogens with zero attached hydrogens (tertiary/aromatic N) is 3. The van der Waals surface area contributed by atoms with E-state index in [9.17, 15) is 4.79 Å². The summed E-state index contributed by atoms with van der Waals surface area (Å²) in [5.74, 6) is 3.04. The Morgan fingerprint density at radius 2 is 1.75 bits per heavy atom. The van der Waals surface area contributed by atoms with E-state index in [2.05, 4.69) is 14.9 Å². The van der Waals surface area contributed by atoms with Gasteiger partial charge >= 0.3 is 0 Å². The SMILES string of the molecule is CN(C(=O)c1nonc1N)C1C2CC3CC(C2)CC1C3. The minimum Gasteiger partial charge on any atom is -0.379 e. The van der Waals surface area contributed by atoms with Gasteiger partial charge < -0.3 is 10.6 Å². The quantitative estimate of drug-likeness (QED) is 0.885. The minimum absolute atomic E-state index is 0.0886. The number of anilines is 1. The molecule has 0 radical (unpaired) electrons. The summed E-state index contributed by atoms with van der Waals surface area (Å²) in [5, 5.41) is 7.15. The second kappa shape index (κ2) is 4.20. The molecule has 0 saturated heterocycles. The molecule has 1 amide bonds. The Morgan fingerprint density at radius 1 is 1.15 bits per heavy atom. The van der Waals surface area contributed by atoms with E-state index in [1.54, 1.807) is 0 Å². The standard InChI is InChI=1S/C14H20N4O2/c1-18(14(19)11-13(15)17-20-16-11)12-9-3-7-2-8(5-9)6-10(12)4-7/h7-10,12H,2-6H2,1H3,(H2,15,17). The molecule has 6 heteroatoms. The summed E-state index contributed by atoms with van der Waals surface area (Å²) in [7, 11) is 1.88. The van der Waals surface area contributed by atoms with Crippen molar-refractivity contribution in [2.45, 2.75) is 38.1 Å². The van der Waals surface area contributed by atoms with Crippen molar-refractivity contribution in [1.82, 2.24) is 15.2 Å². The third-order valence-electron chi connectivity index (χ3n) is 5.66. The molecule has 0 aliphatic heterocycles. The van der Waals surface area contributed by atoms with Gasteiger partial charge in [-0.2, -0.15) is 0 Å². The lowest BCUT2D eigenvalue weighted by atomic mass is 9.54. The van der Waals surface area contributed by atoms with Crippen LogP contribution in [0.15, 0.2) is 4.63 Å². The zero-order valence-corrected chi connectivity index (χ0v) is 11.7. The highest BCUT2D eigenvalue weighted by molar-refractivity contribution is 5.96. The lowest BCUT2D eigenvalue weighted by molar-refractivity contribution is -0.0492. The molecule has 20 heavy (non-hydrogen) atoms. The van der Waals surface area contributed by atoms with Gasteiger partial charge in [0.2, 0.25) is 11.5 Å². The van der Waals surface area contributed by atoms with E-state index in [0.29, 0.717) is 17.9 Å². The molecule has 0 aromatic carbocycles. The fraction of sp³-hybridized carbons (Fsp3) is 0.786. The van der Waals surface area contributed by atoms with Crippen molar-refractivity contribution in [3.05, 3.63) is 5.69 Å². The maximum atomic E-state index is 12.5. The summed E-state index contributed by atoms with van der Waals surface area (Å²) in [4.78, 5) is 14.4. The average Bonchev–Trinajstić information content (AvgIpc) is 2.82. The van der Waals surface area contributed by atoms with E-state index < -0.39 is 0 Å². The highest BCUT2D eigenvalue weighted by Gasteiger charge is 2.50. The van der Waals surface area contributed by atoms with Crippen LogP contribution in [0.5, 0.6) is 0 Å². The lowest BCUT2D eigenvalue weighted by Gasteiger charge is -2.56. The first-order valence-electron chi connectivity index (χ1n) is 7.48. The smallest absolute Gasteiger partial charge is 0.280 e. The Morgan fingerprint density at radius 3 is 2.25 bits per heavy atom. The summed E-state index contributed by atoms with van der Waals surface area (Å²) < 4.78 is 4.55. The van der Waals surface area contributed by atoms with Gasteiger partial charge in [0.1, 0.15) is 0 Å². The van der Waals surface area contributed by atoms with Crippen LogP contribution in [0.4, 0.5) is 5.82 Å². The molecule has 4 saturated carbocycles. The molecule has 1 heterocycles. The van der Waals surface area contributed by atoms with Crippen molar-refractivity contribution in [3.63, 3.8) is 0 Å². The molecule has 5 rings (SSSR count).